The van der Waals surface area contributed by atoms with Crippen LogP contribution in [0.5, 0.6) is 46.0 Å². The van der Waals surface area contributed by atoms with Crippen LogP contribution in [0.3, 0.4) is 0 Å². The summed E-state index contributed by atoms with van der Waals surface area (Å²) >= 11 is 0. The molecule has 0 aliphatic carbocycles. The first-order chi connectivity index (χ1) is 21.5. The smallest absolute Gasteiger partial charge is 0.216 e. The monoisotopic (exact) mass is 592 g/mol. The number of benzene rings is 4. The first-order valence-electron chi connectivity index (χ1n) is 15.2. The third-order valence-corrected chi connectivity index (χ3v) is 9.72. The van der Waals surface area contributed by atoms with Crippen molar-refractivity contribution < 1.29 is 28.8 Å². The van der Waals surface area contributed by atoms with E-state index in [9.17, 15) is 5.11 Å². The second-order valence-electron chi connectivity index (χ2n) is 12.1. The standard InChI is InChI=1S/C36H36N2O6/c1-38-12-10-22-32-27(38)16-20-6-8-29(40-2)25(14-20)24-13-19(5-7-28(24)39)15-26-23-18-31-30(17-21(23)9-11-37-26)44-36(34(32)43-31)35(42-4)33(22)41-3/h5-8,13-14,17-18,26-27,37,39H,9-12,15-16H2,1-4H3/t26-,27-/m0/s1. The summed E-state index contributed by atoms with van der Waals surface area (Å²) in [4.78, 5) is 2.37. The molecule has 44 heavy (non-hydrogen) atoms. The van der Waals surface area contributed by atoms with E-state index in [0.717, 1.165) is 71.5 Å². The molecule has 8 heteroatoms. The Balaban J connectivity index is 1.41. The molecule has 4 aromatic rings. The molecular formula is C36H36N2O6. The van der Waals surface area contributed by atoms with E-state index in [2.05, 4.69) is 47.6 Å². The summed E-state index contributed by atoms with van der Waals surface area (Å²) in [5, 5.41) is 14.8. The lowest BCUT2D eigenvalue weighted by Crippen LogP contribution is -2.34. The van der Waals surface area contributed by atoms with Crippen LogP contribution in [-0.4, -0.2) is 51.5 Å². The molecule has 4 aliphatic rings. The third-order valence-electron chi connectivity index (χ3n) is 9.72. The largest absolute Gasteiger partial charge is 0.507 e. The number of rotatable bonds is 3. The molecule has 0 unspecified atom stereocenters. The first-order valence-corrected chi connectivity index (χ1v) is 15.2. The molecule has 4 heterocycles. The van der Waals surface area contributed by atoms with Crippen LogP contribution in [0.25, 0.3) is 11.1 Å². The van der Waals surface area contributed by atoms with Gasteiger partial charge in [0.2, 0.25) is 11.5 Å². The van der Waals surface area contributed by atoms with Crippen molar-refractivity contribution in [1.29, 1.82) is 0 Å². The molecule has 2 N–H and O–H groups in total. The molecule has 0 amide bonds. The van der Waals surface area contributed by atoms with Gasteiger partial charge in [0.05, 0.1) is 21.3 Å². The predicted molar refractivity (Wildman–Crippen MR) is 167 cm³/mol. The maximum absolute atomic E-state index is 11.1. The molecule has 2 atom stereocenters. The highest BCUT2D eigenvalue weighted by Gasteiger charge is 2.39. The molecule has 8 nitrogen and oxygen atoms in total. The second-order valence-corrected chi connectivity index (χ2v) is 12.1. The molecule has 0 spiro atoms. The quantitative estimate of drug-likeness (QED) is 0.246. The van der Waals surface area contributed by atoms with Crippen molar-refractivity contribution in [3.05, 3.63) is 81.9 Å². The number of aromatic hydroxyl groups is 1. The second kappa shape index (κ2) is 10.4. The van der Waals surface area contributed by atoms with E-state index in [1.165, 1.54) is 11.1 Å². The minimum absolute atomic E-state index is 0.0291. The summed E-state index contributed by atoms with van der Waals surface area (Å²) in [6.45, 7) is 1.70. The van der Waals surface area contributed by atoms with E-state index in [4.69, 9.17) is 23.7 Å². The number of hydrogen-bond acceptors (Lipinski definition) is 8. The third kappa shape index (κ3) is 4.12. The highest BCUT2D eigenvalue weighted by molar-refractivity contribution is 5.77. The van der Waals surface area contributed by atoms with Crippen molar-refractivity contribution >= 4 is 0 Å². The molecule has 226 valence electrons. The zero-order chi connectivity index (χ0) is 30.1. The molecule has 7 bridgehead atoms. The lowest BCUT2D eigenvalue weighted by Gasteiger charge is -2.39. The van der Waals surface area contributed by atoms with Crippen LogP contribution in [0.2, 0.25) is 0 Å². The van der Waals surface area contributed by atoms with Crippen LogP contribution in [0.4, 0.5) is 0 Å². The summed E-state index contributed by atoms with van der Waals surface area (Å²) < 4.78 is 31.4. The summed E-state index contributed by atoms with van der Waals surface area (Å²) in [5.74, 6) is 4.84. The SMILES string of the molecule is COc1ccc2cc1-c1cc(ccc1O)C[C@@H]1NCCc3cc4c(cc31)Oc1c(c(OC)c(OC)c3c1[C@H](C2)N(C)CC3)O4. The Morgan fingerprint density at radius 3 is 2.39 bits per heavy atom. The molecule has 0 saturated heterocycles. The van der Waals surface area contributed by atoms with Crippen LogP contribution in [0.1, 0.15) is 45.5 Å². The molecule has 8 rings (SSSR count). The van der Waals surface area contributed by atoms with Crippen molar-refractivity contribution in [1.82, 2.24) is 10.2 Å². The van der Waals surface area contributed by atoms with Gasteiger partial charge >= 0.3 is 0 Å². The van der Waals surface area contributed by atoms with E-state index >= 15 is 0 Å². The van der Waals surface area contributed by atoms with Gasteiger partial charge in [-0.3, -0.25) is 4.90 Å². The summed E-state index contributed by atoms with van der Waals surface area (Å²) in [6, 6.07) is 16.5. The van der Waals surface area contributed by atoms with Crippen LogP contribution >= 0.6 is 0 Å². The van der Waals surface area contributed by atoms with Crippen molar-refractivity contribution in [2.75, 3.05) is 41.5 Å². The van der Waals surface area contributed by atoms with Crippen LogP contribution < -0.4 is 29.0 Å². The van der Waals surface area contributed by atoms with Crippen molar-refractivity contribution in [2.45, 2.75) is 37.8 Å². The lowest BCUT2D eigenvalue weighted by molar-refractivity contribution is 0.215. The number of ether oxygens (including phenoxy) is 5. The normalized spacial score (nSPS) is 19.5. The number of methoxy groups -OCH3 is 3. The van der Waals surface area contributed by atoms with Gasteiger partial charge in [-0.15, -0.1) is 0 Å². The van der Waals surface area contributed by atoms with Crippen molar-refractivity contribution in [2.24, 2.45) is 0 Å². The number of nitrogens with zero attached hydrogens (tertiary/aromatic N) is 1. The molecule has 0 fully saturated rings. The van der Waals surface area contributed by atoms with Crippen LogP contribution in [0, 0.1) is 0 Å². The fraction of sp³-hybridized carbons (Fsp3) is 0.333. The fourth-order valence-corrected chi connectivity index (χ4v) is 7.53. The molecule has 0 saturated carbocycles. The average molecular weight is 593 g/mol. The Bertz CT molecular complexity index is 1820. The van der Waals surface area contributed by atoms with E-state index in [1.807, 2.05) is 12.1 Å². The zero-order valence-electron chi connectivity index (χ0n) is 25.5. The van der Waals surface area contributed by atoms with Gasteiger partial charge in [-0.05, 0) is 97.9 Å². The summed E-state index contributed by atoms with van der Waals surface area (Å²) in [6.07, 6.45) is 3.13. The van der Waals surface area contributed by atoms with Gasteiger partial charge in [0.25, 0.3) is 0 Å². The summed E-state index contributed by atoms with van der Waals surface area (Å²) in [5.41, 5.74) is 8.44. The summed E-state index contributed by atoms with van der Waals surface area (Å²) in [7, 11) is 7.17. The Morgan fingerprint density at radius 2 is 1.57 bits per heavy atom. The number of phenolic OH excluding ortho intramolecular Hbond substituents is 1. The molecule has 0 radical (unpaired) electrons. The average Bonchev–Trinajstić information content (AvgIpc) is 3.04. The van der Waals surface area contributed by atoms with Gasteiger partial charge in [0.1, 0.15) is 11.5 Å². The highest BCUT2D eigenvalue weighted by atomic mass is 16.6. The first kappa shape index (κ1) is 27.2. The molecule has 0 aromatic heterocycles. The minimum Gasteiger partial charge on any atom is -0.507 e. The van der Waals surface area contributed by atoms with Gasteiger partial charge in [-0.2, -0.15) is 0 Å². The lowest BCUT2D eigenvalue weighted by atomic mass is 9.85. The number of hydrogen-bond donors (Lipinski definition) is 2. The van der Waals surface area contributed by atoms with Crippen molar-refractivity contribution in [3.63, 3.8) is 0 Å². The van der Waals surface area contributed by atoms with Crippen LogP contribution in [-0.2, 0) is 25.7 Å². The van der Waals surface area contributed by atoms with Gasteiger partial charge in [0, 0.05) is 40.9 Å². The van der Waals surface area contributed by atoms with E-state index in [0.29, 0.717) is 40.9 Å². The van der Waals surface area contributed by atoms with Gasteiger partial charge in [-0.1, -0.05) is 12.1 Å². The van der Waals surface area contributed by atoms with Gasteiger partial charge < -0.3 is 34.1 Å². The maximum Gasteiger partial charge on any atom is 0.216 e. The van der Waals surface area contributed by atoms with E-state index in [1.54, 1.807) is 27.4 Å². The Morgan fingerprint density at radius 1 is 0.818 bits per heavy atom. The zero-order valence-corrected chi connectivity index (χ0v) is 25.5. The van der Waals surface area contributed by atoms with Gasteiger partial charge in [0.15, 0.2) is 23.0 Å². The fourth-order valence-electron chi connectivity index (χ4n) is 7.53. The molecule has 4 aromatic carbocycles. The highest BCUT2D eigenvalue weighted by Crippen LogP contribution is 2.60. The minimum atomic E-state index is -0.0291. The van der Waals surface area contributed by atoms with E-state index in [-0.39, 0.29) is 17.8 Å². The number of fused-ring (bicyclic) bond motifs is 5. The molecule has 4 aliphatic heterocycles. The maximum atomic E-state index is 11.1. The topological polar surface area (TPSA) is 81.7 Å². The van der Waals surface area contributed by atoms with Crippen LogP contribution in [0.15, 0.2) is 48.5 Å². The van der Waals surface area contributed by atoms with Gasteiger partial charge in [-0.25, -0.2) is 0 Å². The Labute approximate surface area is 257 Å². The Hall–Kier alpha value is -4.40. The number of phenols is 1. The Kier molecular flexibility index (Phi) is 6.39. The predicted octanol–water partition coefficient (Wildman–Crippen LogP) is 6.50. The number of nitrogens with one attached hydrogen (secondary N) is 1. The number of likely N-dealkylation sites (N-methyl/N-ethyl adjacent to an activating group) is 1. The van der Waals surface area contributed by atoms with Crippen molar-refractivity contribution in [3.8, 4) is 57.1 Å². The van der Waals surface area contributed by atoms with E-state index < -0.39 is 0 Å². The molecular weight excluding hydrogens is 556 g/mol.